The van der Waals surface area contributed by atoms with Gasteiger partial charge in [0.15, 0.2) is 17.5 Å². The van der Waals surface area contributed by atoms with Crippen molar-refractivity contribution in [3.05, 3.63) is 65.7 Å². The molecule has 1 aliphatic heterocycles. The average Bonchev–Trinajstić information content (AvgIpc) is 2.98. The van der Waals surface area contributed by atoms with Gasteiger partial charge in [-0.15, -0.1) is 12.4 Å². The molecule has 3 heterocycles. The van der Waals surface area contributed by atoms with Crippen molar-refractivity contribution in [2.75, 3.05) is 28.9 Å². The Kier molecular flexibility index (Phi) is 10.5. The third-order valence-electron chi connectivity index (χ3n) is 7.00. The largest absolute Gasteiger partial charge is 0.437 e. The van der Waals surface area contributed by atoms with Gasteiger partial charge in [-0.05, 0) is 37.1 Å². The van der Waals surface area contributed by atoms with Gasteiger partial charge in [-0.2, -0.15) is 0 Å². The van der Waals surface area contributed by atoms with E-state index in [4.69, 9.17) is 4.74 Å². The number of halogens is 5. The Balaban J connectivity index is 0.00000442. The Labute approximate surface area is 258 Å². The van der Waals surface area contributed by atoms with Crippen LogP contribution in [0, 0.1) is 24.4 Å². The predicted molar refractivity (Wildman–Crippen MR) is 163 cm³/mol. The highest BCUT2D eigenvalue weighted by Crippen LogP contribution is 2.42. The number of anilines is 2. The standard InChI is InChI=1S/C29H30F4N6O3S.ClH/c1-3-4-12-43(40,41)39-26-20-8-7-16(2)27(22(20)23(31)24(32)25(26)33)42-28-19(6-5-10-35-28)21-9-11-36-29(38-21)37-18-13-17(30)14-34-15-18;/h5-11,17-18,34,39H,3-4,12-15H2,1-2H3,(H,36,37,38);1H/t17-,18-;/m0./s1. The molecule has 0 bridgehead atoms. The van der Waals surface area contributed by atoms with Crippen LogP contribution in [-0.2, 0) is 10.0 Å². The molecule has 0 aliphatic carbocycles. The predicted octanol–water partition coefficient (Wildman–Crippen LogP) is 6.29. The third-order valence-corrected chi connectivity index (χ3v) is 8.35. The Morgan fingerprint density at radius 3 is 2.59 bits per heavy atom. The smallest absolute Gasteiger partial charge is 0.232 e. The van der Waals surface area contributed by atoms with Crippen LogP contribution in [0.5, 0.6) is 11.6 Å². The van der Waals surface area contributed by atoms with Gasteiger partial charge in [0.1, 0.15) is 11.9 Å². The van der Waals surface area contributed by atoms with Gasteiger partial charge in [0.05, 0.1) is 28.1 Å². The fourth-order valence-electron chi connectivity index (χ4n) is 4.84. The second kappa shape index (κ2) is 13.9. The molecule has 3 N–H and O–H groups in total. The van der Waals surface area contributed by atoms with Gasteiger partial charge in [-0.1, -0.05) is 25.5 Å². The van der Waals surface area contributed by atoms with E-state index in [-0.39, 0.29) is 53.7 Å². The zero-order valence-electron chi connectivity index (χ0n) is 23.8. The van der Waals surface area contributed by atoms with Crippen LogP contribution in [0.3, 0.4) is 0 Å². The number of pyridine rings is 1. The summed E-state index contributed by atoms with van der Waals surface area (Å²) in [5.41, 5.74) is 0.388. The Hall–Kier alpha value is -3.75. The molecule has 4 aromatic rings. The SMILES string of the molecule is CCCCS(=O)(=O)Nc1c(F)c(F)c(F)c2c(Oc3ncccc3-c3ccnc(N[C@@H]4CNC[C@@H](F)C4)n3)c(C)ccc12.Cl. The molecule has 236 valence electrons. The van der Waals surface area contributed by atoms with E-state index in [9.17, 15) is 21.6 Å². The number of hydrogen-bond acceptors (Lipinski definition) is 8. The van der Waals surface area contributed by atoms with E-state index in [0.717, 1.165) is 0 Å². The highest BCUT2D eigenvalue weighted by atomic mass is 35.5. The van der Waals surface area contributed by atoms with E-state index in [1.54, 1.807) is 32.0 Å². The Bertz CT molecular complexity index is 1770. The molecule has 1 saturated heterocycles. The van der Waals surface area contributed by atoms with E-state index in [0.29, 0.717) is 42.6 Å². The molecule has 0 spiro atoms. The molecular weight excluding hydrogens is 624 g/mol. The van der Waals surface area contributed by atoms with Crippen molar-refractivity contribution in [1.29, 1.82) is 0 Å². The van der Waals surface area contributed by atoms with Crippen molar-refractivity contribution >= 4 is 44.8 Å². The maximum absolute atomic E-state index is 15.4. The maximum Gasteiger partial charge on any atom is 0.232 e. The van der Waals surface area contributed by atoms with Gasteiger partial charge < -0.3 is 15.4 Å². The van der Waals surface area contributed by atoms with Gasteiger partial charge in [-0.25, -0.2) is 40.9 Å². The highest BCUT2D eigenvalue weighted by molar-refractivity contribution is 7.92. The van der Waals surface area contributed by atoms with Crippen LogP contribution in [0.4, 0.5) is 29.2 Å². The normalized spacial score (nSPS) is 16.8. The van der Waals surface area contributed by atoms with Gasteiger partial charge in [0, 0.05) is 43.3 Å². The Morgan fingerprint density at radius 2 is 1.84 bits per heavy atom. The van der Waals surface area contributed by atoms with Crippen molar-refractivity contribution in [3.63, 3.8) is 0 Å². The van der Waals surface area contributed by atoms with Crippen LogP contribution < -0.4 is 20.1 Å². The number of fused-ring (bicyclic) bond motifs is 1. The maximum atomic E-state index is 15.4. The first-order chi connectivity index (χ1) is 20.6. The molecule has 15 heteroatoms. The van der Waals surface area contributed by atoms with Gasteiger partial charge in [-0.3, -0.25) is 4.72 Å². The lowest BCUT2D eigenvalue weighted by atomic mass is 10.0. The van der Waals surface area contributed by atoms with Crippen molar-refractivity contribution in [2.24, 2.45) is 0 Å². The topological polar surface area (TPSA) is 118 Å². The molecule has 0 unspecified atom stereocenters. The third kappa shape index (κ3) is 7.13. The zero-order chi connectivity index (χ0) is 30.7. The number of aromatic nitrogens is 3. The van der Waals surface area contributed by atoms with Crippen LogP contribution in [0.15, 0.2) is 42.7 Å². The van der Waals surface area contributed by atoms with Crippen LogP contribution in [0.25, 0.3) is 22.0 Å². The summed E-state index contributed by atoms with van der Waals surface area (Å²) in [7, 11) is -4.06. The summed E-state index contributed by atoms with van der Waals surface area (Å²) in [5.74, 6) is -5.34. The lowest BCUT2D eigenvalue weighted by Gasteiger charge is -2.26. The van der Waals surface area contributed by atoms with Gasteiger partial charge >= 0.3 is 0 Å². The molecular formula is C29H31ClF4N6O3S. The van der Waals surface area contributed by atoms with E-state index in [2.05, 4.69) is 30.3 Å². The molecule has 0 saturated carbocycles. The number of benzene rings is 2. The van der Waals surface area contributed by atoms with Crippen molar-refractivity contribution in [3.8, 4) is 22.9 Å². The van der Waals surface area contributed by atoms with Crippen molar-refractivity contribution < 1.29 is 30.7 Å². The minimum absolute atomic E-state index is 0. The summed E-state index contributed by atoms with van der Waals surface area (Å²) in [5, 5.41) is 5.43. The molecule has 9 nitrogen and oxygen atoms in total. The van der Waals surface area contributed by atoms with E-state index in [1.165, 1.54) is 24.5 Å². The molecule has 5 rings (SSSR count). The van der Waals surface area contributed by atoms with Crippen LogP contribution >= 0.6 is 12.4 Å². The van der Waals surface area contributed by atoms with Crippen LogP contribution in [0.1, 0.15) is 31.7 Å². The number of sulfonamides is 1. The molecule has 1 aliphatic rings. The summed E-state index contributed by atoms with van der Waals surface area (Å²) < 4.78 is 92.5. The second-order valence-corrected chi connectivity index (χ2v) is 12.1. The lowest BCUT2D eigenvalue weighted by Crippen LogP contribution is -2.44. The summed E-state index contributed by atoms with van der Waals surface area (Å²) >= 11 is 0. The van der Waals surface area contributed by atoms with Gasteiger partial charge in [0.25, 0.3) is 0 Å². The molecule has 2 atom stereocenters. The average molecular weight is 655 g/mol. The van der Waals surface area contributed by atoms with Crippen molar-refractivity contribution in [2.45, 2.75) is 45.3 Å². The monoisotopic (exact) mass is 654 g/mol. The fraction of sp³-hybridized carbons (Fsp3) is 0.345. The number of aryl methyl sites for hydroxylation is 1. The Morgan fingerprint density at radius 1 is 1.05 bits per heavy atom. The fourth-order valence-corrected chi connectivity index (χ4v) is 6.12. The van der Waals surface area contributed by atoms with E-state index >= 15 is 4.39 Å². The first kappa shape index (κ1) is 33.1. The minimum Gasteiger partial charge on any atom is -0.437 e. The van der Waals surface area contributed by atoms with Crippen LogP contribution in [-0.4, -0.2) is 54.4 Å². The molecule has 0 radical (unpaired) electrons. The number of alkyl halides is 1. The number of nitrogens with one attached hydrogen (secondary N) is 3. The molecule has 1 fully saturated rings. The summed E-state index contributed by atoms with van der Waals surface area (Å²) in [6.45, 7) is 4.18. The summed E-state index contributed by atoms with van der Waals surface area (Å²) in [4.78, 5) is 13.0. The molecule has 2 aromatic heterocycles. The molecule has 2 aromatic carbocycles. The van der Waals surface area contributed by atoms with Crippen LogP contribution in [0.2, 0.25) is 0 Å². The first-order valence-electron chi connectivity index (χ1n) is 13.8. The quantitative estimate of drug-likeness (QED) is 0.135. The zero-order valence-corrected chi connectivity index (χ0v) is 25.5. The number of piperidine rings is 1. The molecule has 44 heavy (non-hydrogen) atoms. The van der Waals surface area contributed by atoms with Gasteiger partial charge in [0.2, 0.25) is 21.9 Å². The highest BCUT2D eigenvalue weighted by Gasteiger charge is 2.27. The number of rotatable bonds is 10. The second-order valence-electron chi connectivity index (χ2n) is 10.3. The lowest BCUT2D eigenvalue weighted by molar-refractivity contribution is 0.254. The minimum atomic E-state index is -4.06. The molecule has 0 amide bonds. The first-order valence-corrected chi connectivity index (χ1v) is 15.4. The number of hydrogen-bond donors (Lipinski definition) is 3. The number of nitrogens with zero attached hydrogens (tertiary/aromatic N) is 3. The van der Waals surface area contributed by atoms with E-state index < -0.39 is 44.7 Å². The number of unbranched alkanes of at least 4 members (excludes halogenated alkanes) is 1. The summed E-state index contributed by atoms with van der Waals surface area (Å²) in [6.07, 6.45) is 3.08. The van der Waals surface area contributed by atoms with E-state index in [1.807, 2.05) is 0 Å². The van der Waals surface area contributed by atoms with Crippen molar-refractivity contribution in [1.82, 2.24) is 20.3 Å². The number of ether oxygens (including phenoxy) is 1. The summed E-state index contributed by atoms with van der Waals surface area (Å²) in [6, 6.07) is 7.42.